The molecule has 35 heavy (non-hydrogen) atoms. The lowest BCUT2D eigenvalue weighted by Crippen LogP contribution is -2.38. The van der Waals surface area contributed by atoms with Gasteiger partial charge in [-0.1, -0.05) is 90.5 Å². The standard InChI is InChI=1S/C28H27ClN4O2/c1-32(27(35)17-30-26(34)16-21-10-4-2-5-11-21)18-24-20-33(19-23-14-8-9-15-25(23)29)31-28(24)22-12-6-3-7-13-22/h2-15,20H,16-19H2,1H3,(H,30,34). The van der Waals surface area contributed by atoms with Gasteiger partial charge in [-0.3, -0.25) is 14.3 Å². The van der Waals surface area contributed by atoms with Crippen LogP contribution in [0.15, 0.2) is 91.1 Å². The smallest absolute Gasteiger partial charge is 0.242 e. The van der Waals surface area contributed by atoms with Crippen molar-refractivity contribution in [3.05, 3.63) is 113 Å². The average molecular weight is 487 g/mol. The van der Waals surface area contributed by atoms with Crippen LogP contribution in [0.1, 0.15) is 16.7 Å². The largest absolute Gasteiger partial charge is 0.347 e. The average Bonchev–Trinajstić information content (AvgIpc) is 3.27. The number of hydrogen-bond acceptors (Lipinski definition) is 3. The number of hydrogen-bond donors (Lipinski definition) is 1. The summed E-state index contributed by atoms with van der Waals surface area (Å²) in [6.07, 6.45) is 2.19. The number of carbonyl (C=O) groups is 2. The maximum Gasteiger partial charge on any atom is 0.242 e. The second-order valence-electron chi connectivity index (χ2n) is 8.35. The van der Waals surface area contributed by atoms with Crippen LogP contribution in [0.3, 0.4) is 0 Å². The Hall–Kier alpha value is -3.90. The van der Waals surface area contributed by atoms with Gasteiger partial charge in [0, 0.05) is 35.9 Å². The molecule has 3 aromatic carbocycles. The summed E-state index contributed by atoms with van der Waals surface area (Å²) in [5.41, 5.74) is 4.56. The molecule has 0 spiro atoms. The molecule has 4 aromatic rings. The zero-order chi connectivity index (χ0) is 24.6. The highest BCUT2D eigenvalue weighted by atomic mass is 35.5. The van der Waals surface area contributed by atoms with E-state index in [1.165, 1.54) is 0 Å². The molecule has 0 unspecified atom stereocenters. The summed E-state index contributed by atoms with van der Waals surface area (Å²) in [5.74, 6) is -0.361. The third-order valence-corrected chi connectivity index (χ3v) is 6.02. The highest BCUT2D eigenvalue weighted by Crippen LogP contribution is 2.24. The molecule has 2 amide bonds. The predicted molar refractivity (Wildman–Crippen MR) is 138 cm³/mol. The van der Waals surface area contributed by atoms with Gasteiger partial charge in [0.2, 0.25) is 11.8 Å². The fourth-order valence-corrected chi connectivity index (χ4v) is 3.99. The quantitative estimate of drug-likeness (QED) is 0.377. The highest BCUT2D eigenvalue weighted by molar-refractivity contribution is 6.31. The Morgan fingerprint density at radius 2 is 1.57 bits per heavy atom. The fraction of sp³-hybridized carbons (Fsp3) is 0.179. The van der Waals surface area contributed by atoms with Crippen LogP contribution < -0.4 is 5.32 Å². The fourth-order valence-electron chi connectivity index (χ4n) is 3.80. The number of likely N-dealkylation sites (N-methyl/N-ethyl adjacent to an activating group) is 1. The number of carbonyl (C=O) groups excluding carboxylic acids is 2. The molecule has 4 rings (SSSR count). The second-order valence-corrected chi connectivity index (χ2v) is 8.75. The van der Waals surface area contributed by atoms with Gasteiger partial charge in [-0.05, 0) is 17.2 Å². The van der Waals surface area contributed by atoms with E-state index in [1.807, 2.05) is 95.8 Å². The summed E-state index contributed by atoms with van der Waals surface area (Å²) in [6, 6.07) is 27.0. The molecule has 6 nitrogen and oxygen atoms in total. The third-order valence-electron chi connectivity index (χ3n) is 5.65. The summed E-state index contributed by atoms with van der Waals surface area (Å²) in [4.78, 5) is 26.6. The van der Waals surface area contributed by atoms with Crippen LogP contribution in [0.5, 0.6) is 0 Å². The Morgan fingerprint density at radius 3 is 2.29 bits per heavy atom. The van der Waals surface area contributed by atoms with Crippen molar-refractivity contribution in [2.75, 3.05) is 13.6 Å². The van der Waals surface area contributed by atoms with Crippen LogP contribution in [0.4, 0.5) is 0 Å². The molecule has 0 aliphatic carbocycles. The van der Waals surface area contributed by atoms with Crippen molar-refractivity contribution in [1.82, 2.24) is 20.0 Å². The molecule has 0 aliphatic rings. The van der Waals surface area contributed by atoms with E-state index in [4.69, 9.17) is 16.7 Å². The van der Waals surface area contributed by atoms with Crippen molar-refractivity contribution in [2.24, 2.45) is 0 Å². The Balaban J connectivity index is 1.44. The first-order chi connectivity index (χ1) is 17.0. The maximum absolute atomic E-state index is 12.8. The molecule has 0 atom stereocenters. The minimum Gasteiger partial charge on any atom is -0.347 e. The van der Waals surface area contributed by atoms with E-state index >= 15 is 0 Å². The van der Waals surface area contributed by atoms with Crippen LogP contribution in [-0.2, 0) is 29.1 Å². The molecule has 0 bridgehead atoms. The molecule has 7 heteroatoms. The lowest BCUT2D eigenvalue weighted by molar-refractivity contribution is -0.132. The SMILES string of the molecule is CN(Cc1cn(Cc2ccccc2Cl)nc1-c1ccccc1)C(=O)CNC(=O)Cc1ccccc1. The van der Waals surface area contributed by atoms with Gasteiger partial charge in [-0.2, -0.15) is 5.10 Å². The lowest BCUT2D eigenvalue weighted by Gasteiger charge is -2.17. The van der Waals surface area contributed by atoms with E-state index in [0.29, 0.717) is 18.1 Å². The van der Waals surface area contributed by atoms with Gasteiger partial charge in [-0.15, -0.1) is 0 Å². The first-order valence-electron chi connectivity index (χ1n) is 11.4. The van der Waals surface area contributed by atoms with Gasteiger partial charge < -0.3 is 10.2 Å². The number of aromatic nitrogens is 2. The molecule has 1 N–H and O–H groups in total. The maximum atomic E-state index is 12.8. The first-order valence-corrected chi connectivity index (χ1v) is 11.8. The van der Waals surface area contributed by atoms with Crippen LogP contribution in [0.2, 0.25) is 5.02 Å². The summed E-state index contributed by atoms with van der Waals surface area (Å²) in [5, 5.41) is 8.21. The van der Waals surface area contributed by atoms with Gasteiger partial charge in [0.25, 0.3) is 0 Å². The van der Waals surface area contributed by atoms with Crippen molar-refractivity contribution in [1.29, 1.82) is 0 Å². The van der Waals surface area contributed by atoms with Crippen LogP contribution >= 0.6 is 11.6 Å². The molecular formula is C28H27ClN4O2. The summed E-state index contributed by atoms with van der Waals surface area (Å²) in [7, 11) is 1.73. The van der Waals surface area contributed by atoms with E-state index in [2.05, 4.69) is 5.32 Å². The van der Waals surface area contributed by atoms with Gasteiger partial charge in [0.1, 0.15) is 0 Å². The topological polar surface area (TPSA) is 67.2 Å². The highest BCUT2D eigenvalue weighted by Gasteiger charge is 2.17. The minimum absolute atomic E-state index is 0.0589. The van der Waals surface area contributed by atoms with E-state index < -0.39 is 0 Å². The molecule has 0 fully saturated rings. The number of halogens is 1. The number of amides is 2. The van der Waals surface area contributed by atoms with E-state index in [9.17, 15) is 9.59 Å². The van der Waals surface area contributed by atoms with E-state index in [1.54, 1.807) is 11.9 Å². The predicted octanol–water partition coefficient (Wildman–Crippen LogP) is 4.57. The van der Waals surface area contributed by atoms with Gasteiger partial charge in [-0.25, -0.2) is 0 Å². The van der Waals surface area contributed by atoms with Gasteiger partial charge in [0.15, 0.2) is 0 Å². The second kappa shape index (κ2) is 11.5. The van der Waals surface area contributed by atoms with Gasteiger partial charge >= 0.3 is 0 Å². The molecule has 0 radical (unpaired) electrons. The molecule has 0 saturated carbocycles. The first kappa shape index (κ1) is 24.2. The van der Waals surface area contributed by atoms with Crippen molar-refractivity contribution in [2.45, 2.75) is 19.5 Å². The monoisotopic (exact) mass is 486 g/mol. The molecule has 178 valence electrons. The molecular weight excluding hydrogens is 460 g/mol. The number of nitrogens with one attached hydrogen (secondary N) is 1. The Bertz CT molecular complexity index is 1290. The number of nitrogens with zero attached hydrogens (tertiary/aromatic N) is 3. The normalized spacial score (nSPS) is 10.7. The summed E-state index contributed by atoms with van der Waals surface area (Å²) < 4.78 is 1.85. The zero-order valence-corrected chi connectivity index (χ0v) is 20.3. The van der Waals surface area contributed by atoms with Crippen molar-refractivity contribution in [3.63, 3.8) is 0 Å². The van der Waals surface area contributed by atoms with E-state index in [-0.39, 0.29) is 24.8 Å². The van der Waals surface area contributed by atoms with Gasteiger partial charge in [0.05, 0.1) is 25.2 Å². The van der Waals surface area contributed by atoms with Crippen LogP contribution in [-0.4, -0.2) is 40.1 Å². The zero-order valence-electron chi connectivity index (χ0n) is 19.5. The third kappa shape index (κ3) is 6.58. The number of rotatable bonds is 9. The molecule has 1 aromatic heterocycles. The Kier molecular flexibility index (Phi) is 7.95. The van der Waals surface area contributed by atoms with Crippen LogP contribution in [0.25, 0.3) is 11.3 Å². The Labute approximate surface area is 210 Å². The summed E-state index contributed by atoms with van der Waals surface area (Å²) in [6.45, 7) is 0.823. The van der Waals surface area contributed by atoms with E-state index in [0.717, 1.165) is 27.9 Å². The molecule has 0 saturated heterocycles. The van der Waals surface area contributed by atoms with Crippen molar-refractivity contribution < 1.29 is 9.59 Å². The molecule has 0 aliphatic heterocycles. The lowest BCUT2D eigenvalue weighted by atomic mass is 10.1. The summed E-state index contributed by atoms with van der Waals surface area (Å²) >= 11 is 6.35. The molecule has 1 heterocycles. The Morgan fingerprint density at radius 1 is 0.914 bits per heavy atom. The number of benzene rings is 3. The van der Waals surface area contributed by atoms with Crippen molar-refractivity contribution >= 4 is 23.4 Å². The van der Waals surface area contributed by atoms with Crippen molar-refractivity contribution in [3.8, 4) is 11.3 Å². The minimum atomic E-state index is -0.185. The van der Waals surface area contributed by atoms with Crippen LogP contribution in [0, 0.1) is 0 Å².